The Hall–Kier alpha value is -0.620. The molecule has 0 heterocycles. The fourth-order valence-electron chi connectivity index (χ4n) is 2.21. The zero-order chi connectivity index (χ0) is 15.3. The fraction of sp³-hybridized carbons (Fsp3) is 0.571. The van der Waals surface area contributed by atoms with Gasteiger partial charge in [0.1, 0.15) is 9.84 Å². The zero-order valence-corrected chi connectivity index (χ0v) is 13.7. The van der Waals surface area contributed by atoms with Gasteiger partial charge in [-0.1, -0.05) is 30.7 Å². The molecule has 0 saturated heterocycles. The molecule has 0 aromatic heterocycles. The lowest BCUT2D eigenvalue weighted by molar-refractivity contribution is 0.0998. The van der Waals surface area contributed by atoms with E-state index in [1.165, 1.54) is 6.26 Å². The van der Waals surface area contributed by atoms with Crippen molar-refractivity contribution in [2.75, 3.05) is 25.1 Å². The lowest BCUT2D eigenvalue weighted by atomic mass is 10.1. The minimum atomic E-state index is -3.03. The van der Waals surface area contributed by atoms with E-state index in [0.717, 1.165) is 5.56 Å². The normalized spacial score (nSPS) is 15.3. The first-order valence-corrected chi connectivity index (χ1v) is 9.02. The quantitative estimate of drug-likeness (QED) is 0.836. The van der Waals surface area contributed by atoms with E-state index in [9.17, 15) is 13.5 Å². The summed E-state index contributed by atoms with van der Waals surface area (Å²) in [5.41, 5.74) is 0.738. The van der Waals surface area contributed by atoms with Crippen molar-refractivity contribution < 1.29 is 13.5 Å². The van der Waals surface area contributed by atoms with Gasteiger partial charge in [-0.05, 0) is 31.2 Å². The monoisotopic (exact) mass is 319 g/mol. The molecule has 0 saturated carbocycles. The van der Waals surface area contributed by atoms with Crippen LogP contribution in [0.3, 0.4) is 0 Å². The molecule has 4 nitrogen and oxygen atoms in total. The van der Waals surface area contributed by atoms with Crippen molar-refractivity contribution in [1.29, 1.82) is 0 Å². The smallest absolute Gasteiger partial charge is 0.148 e. The Bertz CT molecular complexity index is 533. The molecule has 1 rings (SSSR count). The summed E-state index contributed by atoms with van der Waals surface area (Å²) in [5, 5.41) is 10.8. The van der Waals surface area contributed by atoms with Gasteiger partial charge in [0.2, 0.25) is 0 Å². The second kappa shape index (κ2) is 7.41. The Morgan fingerprint density at radius 1 is 1.40 bits per heavy atom. The molecular weight excluding hydrogens is 298 g/mol. The molecule has 0 fully saturated rings. The van der Waals surface area contributed by atoms with E-state index in [2.05, 4.69) is 0 Å². The van der Waals surface area contributed by atoms with Crippen LogP contribution in [0.2, 0.25) is 5.02 Å². The molecule has 0 aliphatic carbocycles. The summed E-state index contributed by atoms with van der Waals surface area (Å²) < 4.78 is 22.7. The maximum Gasteiger partial charge on any atom is 0.148 e. The molecule has 1 aromatic carbocycles. The third kappa shape index (κ3) is 5.79. The molecule has 0 bridgehead atoms. The highest BCUT2D eigenvalue weighted by molar-refractivity contribution is 7.90. The van der Waals surface area contributed by atoms with Crippen molar-refractivity contribution >= 4 is 21.4 Å². The second-order valence-corrected chi connectivity index (χ2v) is 7.72. The molecular formula is C14H22ClNO3S. The predicted octanol–water partition coefficient (Wildman–Crippen LogP) is 2.13. The third-order valence-corrected chi connectivity index (χ3v) is 4.54. The van der Waals surface area contributed by atoms with Crippen LogP contribution in [0.5, 0.6) is 0 Å². The lowest BCUT2D eigenvalue weighted by Gasteiger charge is -2.29. The van der Waals surface area contributed by atoms with Crippen LogP contribution in [0.1, 0.15) is 25.5 Å². The van der Waals surface area contributed by atoms with Crippen molar-refractivity contribution in [2.24, 2.45) is 0 Å². The van der Waals surface area contributed by atoms with Gasteiger partial charge >= 0.3 is 0 Å². The Balaban J connectivity index is 2.73. The minimum Gasteiger partial charge on any atom is -0.387 e. The number of rotatable bonds is 7. The average molecular weight is 320 g/mol. The topological polar surface area (TPSA) is 57.6 Å². The van der Waals surface area contributed by atoms with E-state index in [4.69, 9.17) is 11.6 Å². The van der Waals surface area contributed by atoms with E-state index in [-0.39, 0.29) is 11.8 Å². The van der Waals surface area contributed by atoms with Gasteiger partial charge in [-0.25, -0.2) is 8.42 Å². The molecule has 0 spiro atoms. The number of hydrogen-bond donors (Lipinski definition) is 1. The van der Waals surface area contributed by atoms with Gasteiger partial charge in [0.05, 0.1) is 11.9 Å². The number of aliphatic hydroxyl groups is 1. The zero-order valence-electron chi connectivity index (χ0n) is 12.1. The number of benzene rings is 1. The number of sulfone groups is 1. The van der Waals surface area contributed by atoms with Crippen molar-refractivity contribution in [1.82, 2.24) is 4.90 Å². The Labute approximate surface area is 126 Å². The van der Waals surface area contributed by atoms with Gasteiger partial charge in [0.25, 0.3) is 0 Å². The first-order valence-electron chi connectivity index (χ1n) is 6.58. The van der Waals surface area contributed by atoms with Gasteiger partial charge in [0.15, 0.2) is 0 Å². The molecule has 114 valence electrons. The summed E-state index contributed by atoms with van der Waals surface area (Å²) in [5.74, 6) is 0.0864. The summed E-state index contributed by atoms with van der Waals surface area (Å²) in [7, 11) is -3.03. The third-order valence-electron chi connectivity index (χ3n) is 3.21. The molecule has 2 unspecified atom stereocenters. The lowest BCUT2D eigenvalue weighted by Crippen LogP contribution is -2.40. The number of hydrogen-bond acceptors (Lipinski definition) is 4. The molecule has 1 aromatic rings. The van der Waals surface area contributed by atoms with Gasteiger partial charge < -0.3 is 5.11 Å². The summed E-state index contributed by atoms with van der Waals surface area (Å²) in [6, 6.07) is 6.94. The van der Waals surface area contributed by atoms with Crippen LogP contribution < -0.4 is 0 Å². The number of aliphatic hydroxyl groups excluding tert-OH is 1. The predicted molar refractivity (Wildman–Crippen MR) is 82.8 cm³/mol. The summed E-state index contributed by atoms with van der Waals surface area (Å²) in [6.07, 6.45) is 0.542. The minimum absolute atomic E-state index is 0.0864. The highest BCUT2D eigenvalue weighted by Gasteiger charge is 2.20. The second-order valence-electron chi connectivity index (χ2n) is 5.10. The highest BCUT2D eigenvalue weighted by atomic mass is 35.5. The molecule has 0 aliphatic heterocycles. The van der Waals surface area contributed by atoms with Crippen molar-refractivity contribution in [3.63, 3.8) is 0 Å². The van der Waals surface area contributed by atoms with Gasteiger partial charge in [-0.2, -0.15) is 0 Å². The fourth-order valence-corrected chi connectivity index (χ4v) is 3.49. The van der Waals surface area contributed by atoms with Crippen LogP contribution in [0.15, 0.2) is 24.3 Å². The highest BCUT2D eigenvalue weighted by Crippen LogP contribution is 2.19. The molecule has 0 amide bonds. The van der Waals surface area contributed by atoms with Crippen LogP contribution in [-0.4, -0.2) is 49.6 Å². The number of likely N-dealkylation sites (N-methyl/N-ethyl adjacent to an activating group) is 1. The first kappa shape index (κ1) is 17.4. The van der Waals surface area contributed by atoms with E-state index in [1.807, 2.05) is 24.8 Å². The van der Waals surface area contributed by atoms with Crippen molar-refractivity contribution in [3.05, 3.63) is 34.9 Å². The molecule has 2 atom stereocenters. The van der Waals surface area contributed by atoms with Gasteiger partial charge in [-0.15, -0.1) is 0 Å². The van der Waals surface area contributed by atoms with E-state index in [0.29, 0.717) is 18.1 Å². The maximum atomic E-state index is 11.4. The molecule has 6 heteroatoms. The van der Waals surface area contributed by atoms with Gasteiger partial charge in [-0.3, -0.25) is 4.90 Å². The van der Waals surface area contributed by atoms with E-state index >= 15 is 0 Å². The number of nitrogens with zero attached hydrogens (tertiary/aromatic N) is 1. The first-order chi connectivity index (χ1) is 9.23. The summed E-state index contributed by atoms with van der Waals surface area (Å²) in [6.45, 7) is 4.86. The molecule has 0 aliphatic rings. The van der Waals surface area contributed by atoms with Crippen LogP contribution >= 0.6 is 11.6 Å². The largest absolute Gasteiger partial charge is 0.387 e. The maximum absolute atomic E-state index is 11.4. The Morgan fingerprint density at radius 3 is 2.55 bits per heavy atom. The van der Waals surface area contributed by atoms with Crippen molar-refractivity contribution in [3.8, 4) is 0 Å². The molecule has 1 N–H and O–H groups in total. The molecule has 0 radical (unpaired) electrons. The summed E-state index contributed by atoms with van der Waals surface area (Å²) in [4.78, 5) is 1.95. The molecule has 20 heavy (non-hydrogen) atoms. The van der Waals surface area contributed by atoms with Crippen LogP contribution in [-0.2, 0) is 9.84 Å². The van der Waals surface area contributed by atoms with Crippen LogP contribution in [0, 0.1) is 0 Å². The number of halogens is 1. The van der Waals surface area contributed by atoms with E-state index < -0.39 is 15.9 Å². The van der Waals surface area contributed by atoms with Crippen LogP contribution in [0.4, 0.5) is 0 Å². The average Bonchev–Trinajstić information content (AvgIpc) is 2.33. The Kier molecular flexibility index (Phi) is 6.45. The standard InChI is InChI=1S/C14H22ClNO3S/c1-4-16(11(2)10-20(3,18)19)9-14(17)12-6-5-7-13(15)8-12/h5-8,11,14,17H,4,9-10H2,1-3H3. The summed E-state index contributed by atoms with van der Waals surface area (Å²) >= 11 is 5.90. The van der Waals surface area contributed by atoms with E-state index in [1.54, 1.807) is 18.2 Å². The SMILES string of the molecule is CCN(CC(O)c1cccc(Cl)c1)C(C)CS(C)(=O)=O. The van der Waals surface area contributed by atoms with Crippen molar-refractivity contribution in [2.45, 2.75) is 26.0 Å². The van der Waals surface area contributed by atoms with Crippen LogP contribution in [0.25, 0.3) is 0 Å². The van der Waals surface area contributed by atoms with Gasteiger partial charge in [0, 0.05) is 23.9 Å². The Morgan fingerprint density at radius 2 is 2.05 bits per heavy atom.